The first kappa shape index (κ1) is 16.7. The van der Waals surface area contributed by atoms with Crippen LogP contribution >= 0.6 is 11.6 Å². The van der Waals surface area contributed by atoms with Crippen molar-refractivity contribution in [2.75, 3.05) is 14.1 Å². The van der Waals surface area contributed by atoms with Crippen molar-refractivity contribution in [3.05, 3.63) is 48.6 Å². The third-order valence-corrected chi connectivity index (χ3v) is 1.88. The van der Waals surface area contributed by atoms with Crippen LogP contribution in [0.15, 0.2) is 43.0 Å². The van der Waals surface area contributed by atoms with Crippen molar-refractivity contribution >= 4 is 17.6 Å². The van der Waals surface area contributed by atoms with Gasteiger partial charge in [-0.3, -0.25) is 0 Å². The van der Waals surface area contributed by atoms with Crippen LogP contribution in [0.25, 0.3) is 0 Å². The van der Waals surface area contributed by atoms with Crippen LogP contribution in [0.2, 0.25) is 0 Å². The molecule has 1 aromatic rings. The summed E-state index contributed by atoms with van der Waals surface area (Å²) in [6, 6.07) is 10.5. The zero-order chi connectivity index (χ0) is 14.0. The SMILES string of the molecule is C=CC(=O)OC(C)Cl.CN(C)Cc1ccccc1. The molecule has 0 saturated heterocycles. The van der Waals surface area contributed by atoms with Crippen LogP contribution in [-0.4, -0.2) is 30.5 Å². The highest BCUT2D eigenvalue weighted by molar-refractivity contribution is 6.20. The van der Waals surface area contributed by atoms with E-state index in [9.17, 15) is 4.79 Å². The molecule has 0 bridgehead atoms. The number of hydrogen-bond donors (Lipinski definition) is 0. The maximum absolute atomic E-state index is 10.2. The van der Waals surface area contributed by atoms with E-state index in [2.05, 4.69) is 54.6 Å². The van der Waals surface area contributed by atoms with Crippen molar-refractivity contribution < 1.29 is 9.53 Å². The molecule has 0 saturated carbocycles. The summed E-state index contributed by atoms with van der Waals surface area (Å²) in [7, 11) is 4.15. The largest absolute Gasteiger partial charge is 0.443 e. The number of benzene rings is 1. The quantitative estimate of drug-likeness (QED) is 0.478. The number of halogens is 1. The van der Waals surface area contributed by atoms with E-state index >= 15 is 0 Å². The molecule has 0 fully saturated rings. The van der Waals surface area contributed by atoms with Crippen molar-refractivity contribution in [2.45, 2.75) is 19.0 Å². The Balaban J connectivity index is 0.000000331. The summed E-state index contributed by atoms with van der Waals surface area (Å²) < 4.78 is 4.41. The van der Waals surface area contributed by atoms with Gasteiger partial charge in [-0.1, -0.05) is 48.5 Å². The van der Waals surface area contributed by atoms with Crippen molar-refractivity contribution in [2.24, 2.45) is 0 Å². The highest BCUT2D eigenvalue weighted by Gasteiger charge is 1.98. The fourth-order valence-corrected chi connectivity index (χ4v) is 1.24. The molecule has 0 aliphatic carbocycles. The molecule has 0 radical (unpaired) electrons. The first-order chi connectivity index (χ1) is 8.45. The third kappa shape index (κ3) is 9.87. The summed E-state index contributed by atoms with van der Waals surface area (Å²) in [5.41, 5.74) is 0.799. The van der Waals surface area contributed by atoms with Gasteiger partial charge in [0, 0.05) is 12.6 Å². The predicted octanol–water partition coefficient (Wildman–Crippen LogP) is 3.05. The number of carbonyl (C=O) groups excluding carboxylic acids is 1. The van der Waals surface area contributed by atoms with Gasteiger partial charge in [0.05, 0.1) is 0 Å². The second kappa shape index (κ2) is 9.68. The molecule has 0 amide bonds. The summed E-state index contributed by atoms with van der Waals surface area (Å²) in [6.07, 6.45) is 1.07. The molecule has 18 heavy (non-hydrogen) atoms. The average molecular weight is 270 g/mol. The average Bonchev–Trinajstić information content (AvgIpc) is 2.29. The van der Waals surface area contributed by atoms with Crippen molar-refractivity contribution in [3.8, 4) is 0 Å². The van der Waals surface area contributed by atoms with Crippen LogP contribution < -0.4 is 0 Å². The van der Waals surface area contributed by atoms with Gasteiger partial charge in [-0.25, -0.2) is 4.79 Å². The van der Waals surface area contributed by atoms with Crippen molar-refractivity contribution in [1.29, 1.82) is 0 Å². The van der Waals surface area contributed by atoms with E-state index in [1.165, 1.54) is 5.56 Å². The Morgan fingerprint density at radius 3 is 2.33 bits per heavy atom. The van der Waals surface area contributed by atoms with Crippen LogP contribution in [0.4, 0.5) is 0 Å². The summed E-state index contributed by atoms with van der Waals surface area (Å²) in [5, 5.41) is 0. The van der Waals surface area contributed by atoms with Gasteiger partial charge >= 0.3 is 5.97 Å². The van der Waals surface area contributed by atoms with Crippen molar-refractivity contribution in [1.82, 2.24) is 4.90 Å². The standard InChI is InChI=1S/C9H13N.C5H7ClO2/c1-10(2)8-9-6-4-3-5-7-9;1-3-5(7)8-4(2)6/h3-7H,8H2,1-2H3;3-4H,1H2,2H3. The molecule has 0 aromatic heterocycles. The zero-order valence-electron chi connectivity index (χ0n) is 11.1. The van der Waals surface area contributed by atoms with E-state index in [1.54, 1.807) is 6.92 Å². The van der Waals surface area contributed by atoms with Gasteiger partial charge in [0.15, 0.2) is 5.56 Å². The number of carbonyl (C=O) groups is 1. The number of alkyl halides is 1. The van der Waals surface area contributed by atoms with Gasteiger partial charge in [0.2, 0.25) is 0 Å². The Hall–Kier alpha value is -1.32. The molecule has 0 spiro atoms. The molecular formula is C14H20ClNO2. The Morgan fingerprint density at radius 1 is 1.44 bits per heavy atom. The van der Waals surface area contributed by atoms with Gasteiger partial charge in [-0.15, -0.1) is 0 Å². The molecule has 4 heteroatoms. The van der Waals surface area contributed by atoms with Crippen LogP contribution in [-0.2, 0) is 16.1 Å². The molecule has 0 N–H and O–H groups in total. The lowest BCUT2D eigenvalue weighted by atomic mass is 10.2. The summed E-state index contributed by atoms with van der Waals surface area (Å²) in [4.78, 5) is 12.4. The van der Waals surface area contributed by atoms with E-state index in [1.807, 2.05) is 6.07 Å². The van der Waals surface area contributed by atoms with Gasteiger partial charge in [-0.05, 0) is 26.6 Å². The highest BCUT2D eigenvalue weighted by Crippen LogP contribution is 1.99. The molecular weight excluding hydrogens is 250 g/mol. The minimum atomic E-state index is -0.569. The normalized spacial score (nSPS) is 11.2. The predicted molar refractivity (Wildman–Crippen MR) is 75.4 cm³/mol. The Kier molecular flexibility index (Phi) is 8.97. The van der Waals surface area contributed by atoms with E-state index in [0.29, 0.717) is 0 Å². The maximum atomic E-state index is 10.2. The van der Waals surface area contributed by atoms with E-state index in [4.69, 9.17) is 11.6 Å². The minimum absolute atomic E-state index is 0.493. The van der Waals surface area contributed by atoms with E-state index in [-0.39, 0.29) is 0 Å². The zero-order valence-corrected chi connectivity index (χ0v) is 11.9. The fraction of sp³-hybridized carbons (Fsp3) is 0.357. The summed E-state index contributed by atoms with van der Waals surface area (Å²) >= 11 is 5.26. The summed E-state index contributed by atoms with van der Waals surface area (Å²) in [6.45, 7) is 5.77. The lowest BCUT2D eigenvalue weighted by Crippen LogP contribution is -2.10. The lowest BCUT2D eigenvalue weighted by Gasteiger charge is -2.08. The van der Waals surface area contributed by atoms with E-state index in [0.717, 1.165) is 12.6 Å². The first-order valence-corrected chi connectivity index (χ1v) is 6.05. The van der Waals surface area contributed by atoms with Crippen LogP contribution in [0, 0.1) is 0 Å². The van der Waals surface area contributed by atoms with Gasteiger partial charge in [0.25, 0.3) is 0 Å². The van der Waals surface area contributed by atoms with Crippen LogP contribution in [0.5, 0.6) is 0 Å². The second-order valence-electron chi connectivity index (χ2n) is 3.91. The number of nitrogens with zero attached hydrogens (tertiary/aromatic N) is 1. The Labute approximate surface area is 114 Å². The molecule has 0 heterocycles. The molecule has 1 atom stereocenters. The fourth-order valence-electron chi connectivity index (χ4n) is 1.16. The molecule has 0 aliphatic rings. The third-order valence-electron chi connectivity index (χ3n) is 1.79. The molecule has 1 unspecified atom stereocenters. The number of ether oxygens (including phenoxy) is 1. The molecule has 1 aromatic carbocycles. The highest BCUT2D eigenvalue weighted by atomic mass is 35.5. The maximum Gasteiger partial charge on any atom is 0.331 e. The van der Waals surface area contributed by atoms with Crippen molar-refractivity contribution in [3.63, 3.8) is 0 Å². The monoisotopic (exact) mass is 269 g/mol. The Bertz CT molecular complexity index is 350. The van der Waals surface area contributed by atoms with Gasteiger partial charge in [0.1, 0.15) is 0 Å². The lowest BCUT2D eigenvalue weighted by molar-refractivity contribution is -0.138. The number of hydrogen-bond acceptors (Lipinski definition) is 3. The second-order valence-corrected chi connectivity index (χ2v) is 4.52. The topological polar surface area (TPSA) is 29.5 Å². The Morgan fingerprint density at radius 2 is 2.00 bits per heavy atom. The van der Waals surface area contributed by atoms with Crippen LogP contribution in [0.3, 0.4) is 0 Å². The molecule has 100 valence electrons. The smallest absolute Gasteiger partial charge is 0.331 e. The number of rotatable bonds is 4. The van der Waals surface area contributed by atoms with Gasteiger partial charge < -0.3 is 9.64 Å². The van der Waals surface area contributed by atoms with Gasteiger partial charge in [-0.2, -0.15) is 0 Å². The van der Waals surface area contributed by atoms with E-state index < -0.39 is 11.5 Å². The molecule has 3 nitrogen and oxygen atoms in total. The number of esters is 1. The molecule has 1 rings (SSSR count). The van der Waals surface area contributed by atoms with Crippen LogP contribution in [0.1, 0.15) is 12.5 Å². The summed E-state index contributed by atoms with van der Waals surface area (Å²) in [5.74, 6) is -0.493. The molecule has 0 aliphatic heterocycles. The first-order valence-electron chi connectivity index (χ1n) is 5.61. The minimum Gasteiger partial charge on any atom is -0.443 e.